The van der Waals surface area contributed by atoms with Crippen LogP contribution in [-0.4, -0.2) is 36.8 Å². The number of rotatable bonds is 7. The Bertz CT molecular complexity index is 473. The van der Waals surface area contributed by atoms with E-state index in [1.807, 2.05) is 0 Å². The molecule has 3 rings (SSSR count). The molecular formula is C16H24FN3O. The third-order valence-corrected chi connectivity index (χ3v) is 4.20. The summed E-state index contributed by atoms with van der Waals surface area (Å²) in [6.07, 6.45) is 6.29. The third kappa shape index (κ3) is 3.92. The topological polar surface area (TPSA) is 37.4 Å². The van der Waals surface area contributed by atoms with Crippen LogP contribution in [0.5, 0.6) is 0 Å². The lowest BCUT2D eigenvalue weighted by Crippen LogP contribution is -2.34. The first-order valence-electron chi connectivity index (χ1n) is 8.00. The highest BCUT2D eigenvalue weighted by Crippen LogP contribution is 2.24. The smallest absolute Gasteiger partial charge is 0.141 e. The molecule has 2 fully saturated rings. The van der Waals surface area contributed by atoms with Gasteiger partial charge in [-0.05, 0) is 38.7 Å². The van der Waals surface area contributed by atoms with Crippen molar-refractivity contribution in [3.05, 3.63) is 23.6 Å². The molecule has 2 aliphatic rings. The van der Waals surface area contributed by atoms with Gasteiger partial charge in [0.2, 0.25) is 0 Å². The zero-order chi connectivity index (χ0) is 14.7. The minimum Gasteiger partial charge on any atom is -0.376 e. The summed E-state index contributed by atoms with van der Waals surface area (Å²) < 4.78 is 19.2. The number of halogens is 1. The molecule has 0 radical (unpaired) electrons. The first kappa shape index (κ1) is 14.7. The quantitative estimate of drug-likeness (QED) is 0.838. The maximum atomic E-state index is 13.5. The largest absolute Gasteiger partial charge is 0.376 e. The van der Waals surface area contributed by atoms with Crippen molar-refractivity contribution in [1.29, 1.82) is 0 Å². The van der Waals surface area contributed by atoms with Crippen molar-refractivity contribution in [3.8, 4) is 0 Å². The molecule has 0 amide bonds. The summed E-state index contributed by atoms with van der Waals surface area (Å²) in [6.45, 7) is 5.35. The van der Waals surface area contributed by atoms with Crippen molar-refractivity contribution in [2.45, 2.75) is 51.3 Å². The van der Waals surface area contributed by atoms with E-state index in [4.69, 9.17) is 4.74 Å². The Hall–Kier alpha value is -1.20. The first-order chi connectivity index (χ1) is 10.3. The fourth-order valence-electron chi connectivity index (χ4n) is 2.83. The molecule has 5 heteroatoms. The summed E-state index contributed by atoms with van der Waals surface area (Å²) in [6, 6.07) is 2.21. The van der Waals surface area contributed by atoms with E-state index in [2.05, 4.69) is 22.1 Å². The molecule has 1 aliphatic carbocycles. The third-order valence-electron chi connectivity index (χ3n) is 4.20. The van der Waals surface area contributed by atoms with E-state index < -0.39 is 0 Å². The van der Waals surface area contributed by atoms with E-state index >= 15 is 0 Å². The first-order valence-corrected chi connectivity index (χ1v) is 8.00. The molecule has 2 heterocycles. The van der Waals surface area contributed by atoms with Crippen molar-refractivity contribution < 1.29 is 9.13 Å². The summed E-state index contributed by atoms with van der Waals surface area (Å²) in [5.41, 5.74) is 0.946. The Labute approximate surface area is 125 Å². The van der Waals surface area contributed by atoms with Gasteiger partial charge in [0.1, 0.15) is 11.6 Å². The van der Waals surface area contributed by atoms with Crippen LogP contribution in [0.1, 0.15) is 38.2 Å². The second-order valence-corrected chi connectivity index (χ2v) is 5.97. The van der Waals surface area contributed by atoms with Gasteiger partial charge >= 0.3 is 0 Å². The van der Waals surface area contributed by atoms with Gasteiger partial charge in [-0.3, -0.25) is 0 Å². The fraction of sp³-hybridized carbons (Fsp3) is 0.688. The molecule has 1 aliphatic heterocycles. The molecular weight excluding hydrogens is 269 g/mol. The number of aromatic nitrogens is 1. The second kappa shape index (κ2) is 6.71. The van der Waals surface area contributed by atoms with Gasteiger partial charge in [-0.25, -0.2) is 9.37 Å². The van der Waals surface area contributed by atoms with Crippen LogP contribution in [0, 0.1) is 5.82 Å². The monoisotopic (exact) mass is 293 g/mol. The van der Waals surface area contributed by atoms with Crippen LogP contribution in [0.25, 0.3) is 0 Å². The van der Waals surface area contributed by atoms with Crippen molar-refractivity contribution in [3.63, 3.8) is 0 Å². The number of pyridine rings is 1. The Morgan fingerprint density at radius 2 is 2.29 bits per heavy atom. The van der Waals surface area contributed by atoms with Gasteiger partial charge < -0.3 is 15.0 Å². The van der Waals surface area contributed by atoms with Gasteiger partial charge in [-0.1, -0.05) is 0 Å². The minimum absolute atomic E-state index is 0.264. The van der Waals surface area contributed by atoms with Crippen LogP contribution < -0.4 is 10.2 Å². The number of hydrogen-bond donors (Lipinski definition) is 1. The molecule has 0 spiro atoms. The van der Waals surface area contributed by atoms with Crippen LogP contribution in [0.3, 0.4) is 0 Å². The molecule has 116 valence electrons. The van der Waals surface area contributed by atoms with Crippen LogP contribution in [-0.2, 0) is 11.3 Å². The normalized spacial score (nSPS) is 21.7. The summed E-state index contributed by atoms with van der Waals surface area (Å²) in [5.74, 6) is 0.627. The van der Waals surface area contributed by atoms with E-state index in [9.17, 15) is 4.39 Å². The molecule has 1 saturated carbocycles. The molecule has 0 aromatic carbocycles. The van der Waals surface area contributed by atoms with Gasteiger partial charge in [0.25, 0.3) is 0 Å². The number of nitrogens with zero attached hydrogens (tertiary/aromatic N) is 2. The Balaban J connectivity index is 1.72. The van der Waals surface area contributed by atoms with Gasteiger partial charge in [-0.2, -0.15) is 0 Å². The van der Waals surface area contributed by atoms with Crippen molar-refractivity contribution >= 4 is 5.82 Å². The standard InChI is InChI=1S/C16H24FN3O/c1-2-20(11-15-4-3-7-21-15)16-12(8-13(17)10-19-16)9-18-14-5-6-14/h8,10,14-15,18H,2-7,9,11H2,1H3. The van der Waals surface area contributed by atoms with Crippen LogP contribution in [0.2, 0.25) is 0 Å². The summed E-state index contributed by atoms with van der Waals surface area (Å²) in [4.78, 5) is 6.55. The maximum absolute atomic E-state index is 13.5. The van der Waals surface area contributed by atoms with E-state index in [0.717, 1.165) is 43.9 Å². The minimum atomic E-state index is -0.264. The Morgan fingerprint density at radius 3 is 2.95 bits per heavy atom. The van der Waals surface area contributed by atoms with E-state index in [1.54, 1.807) is 6.07 Å². The average molecular weight is 293 g/mol. The van der Waals surface area contributed by atoms with E-state index in [-0.39, 0.29) is 11.9 Å². The highest BCUT2D eigenvalue weighted by molar-refractivity contribution is 5.47. The lowest BCUT2D eigenvalue weighted by atomic mass is 10.2. The molecule has 1 N–H and O–H groups in total. The van der Waals surface area contributed by atoms with Gasteiger partial charge in [0.05, 0.1) is 12.3 Å². The number of ether oxygens (including phenoxy) is 1. The van der Waals surface area contributed by atoms with Gasteiger partial charge in [0.15, 0.2) is 0 Å². The van der Waals surface area contributed by atoms with Crippen LogP contribution >= 0.6 is 0 Å². The second-order valence-electron chi connectivity index (χ2n) is 5.97. The molecule has 4 nitrogen and oxygen atoms in total. The average Bonchev–Trinajstić information content (AvgIpc) is 3.18. The maximum Gasteiger partial charge on any atom is 0.141 e. The van der Waals surface area contributed by atoms with Crippen molar-refractivity contribution in [1.82, 2.24) is 10.3 Å². The number of hydrogen-bond acceptors (Lipinski definition) is 4. The molecule has 0 bridgehead atoms. The molecule has 1 aromatic heterocycles. The predicted octanol–water partition coefficient (Wildman–Crippen LogP) is 2.48. The predicted molar refractivity (Wildman–Crippen MR) is 80.9 cm³/mol. The molecule has 1 unspecified atom stereocenters. The Morgan fingerprint density at radius 1 is 1.43 bits per heavy atom. The molecule has 1 aromatic rings. The van der Waals surface area contributed by atoms with Crippen LogP contribution in [0.15, 0.2) is 12.3 Å². The molecule has 1 atom stereocenters. The number of anilines is 1. The lowest BCUT2D eigenvalue weighted by Gasteiger charge is -2.27. The van der Waals surface area contributed by atoms with E-state index in [1.165, 1.54) is 19.0 Å². The number of likely N-dealkylation sites (N-methyl/N-ethyl adjacent to an activating group) is 1. The summed E-state index contributed by atoms with van der Waals surface area (Å²) >= 11 is 0. The molecule has 1 saturated heterocycles. The Kier molecular flexibility index (Phi) is 4.70. The number of nitrogens with one attached hydrogen (secondary N) is 1. The zero-order valence-corrected chi connectivity index (χ0v) is 12.6. The van der Waals surface area contributed by atoms with Gasteiger partial charge in [0, 0.05) is 37.8 Å². The molecule has 21 heavy (non-hydrogen) atoms. The summed E-state index contributed by atoms with van der Waals surface area (Å²) in [5, 5.41) is 3.45. The van der Waals surface area contributed by atoms with Gasteiger partial charge in [-0.15, -0.1) is 0 Å². The van der Waals surface area contributed by atoms with Crippen molar-refractivity contribution in [2.75, 3.05) is 24.6 Å². The lowest BCUT2D eigenvalue weighted by molar-refractivity contribution is 0.115. The SMILES string of the molecule is CCN(CC1CCCO1)c1ncc(F)cc1CNC1CC1. The highest BCUT2D eigenvalue weighted by Gasteiger charge is 2.23. The van der Waals surface area contributed by atoms with Crippen LogP contribution in [0.4, 0.5) is 10.2 Å². The zero-order valence-electron chi connectivity index (χ0n) is 12.6. The summed E-state index contributed by atoms with van der Waals surface area (Å²) in [7, 11) is 0. The van der Waals surface area contributed by atoms with Crippen molar-refractivity contribution in [2.24, 2.45) is 0 Å². The fourth-order valence-corrected chi connectivity index (χ4v) is 2.83. The van der Waals surface area contributed by atoms with E-state index in [0.29, 0.717) is 12.6 Å². The highest BCUT2D eigenvalue weighted by atomic mass is 19.1.